The van der Waals surface area contributed by atoms with Crippen molar-refractivity contribution in [2.45, 2.75) is 4.75 Å². The van der Waals surface area contributed by atoms with Gasteiger partial charge in [0.2, 0.25) is 0 Å². The summed E-state index contributed by atoms with van der Waals surface area (Å²) in [5.74, 6) is -0.909. The molecule has 152 valence electrons. The Morgan fingerprint density at radius 3 is 1.66 bits per heavy atom. The van der Waals surface area contributed by atoms with Crippen molar-refractivity contribution >= 4 is 56.5 Å². The summed E-state index contributed by atoms with van der Waals surface area (Å²) in [6.07, 6.45) is 0. The van der Waals surface area contributed by atoms with Gasteiger partial charge in [0, 0.05) is 11.6 Å². The first-order valence-corrected chi connectivity index (χ1v) is 10.8. The fraction of sp³-hybridized carbons (Fsp3) is 0.0526. The quantitative estimate of drug-likeness (QED) is 0.239. The van der Waals surface area contributed by atoms with Gasteiger partial charge in [-0.15, -0.1) is 0 Å². The molecule has 0 saturated heterocycles. The number of benzene rings is 3. The molecule has 1 unspecified atom stereocenters. The minimum Gasteiger partial charge on any atom is -0.508 e. The summed E-state index contributed by atoms with van der Waals surface area (Å²) in [6.45, 7) is 0. The van der Waals surface area contributed by atoms with E-state index in [1.54, 1.807) is 6.07 Å². The summed E-state index contributed by atoms with van der Waals surface area (Å²) in [4.78, 5) is 0. The lowest BCUT2D eigenvalue weighted by molar-refractivity contribution is 0.444. The highest BCUT2D eigenvalue weighted by atomic mass is 35.5. The first kappa shape index (κ1) is 22.0. The minimum absolute atomic E-state index is 0.0228. The molecule has 0 aliphatic heterocycles. The zero-order chi connectivity index (χ0) is 21.6. The Morgan fingerprint density at radius 2 is 1.21 bits per heavy atom. The van der Waals surface area contributed by atoms with Crippen LogP contribution in [0.15, 0.2) is 54.6 Å². The monoisotopic (exact) mass is 492 g/mol. The summed E-state index contributed by atoms with van der Waals surface area (Å²) in [6, 6.07) is 11.9. The van der Waals surface area contributed by atoms with Gasteiger partial charge < -0.3 is 10.2 Å². The molecule has 5 nitrogen and oxygen atoms in total. The molecule has 0 radical (unpaired) electrons. The van der Waals surface area contributed by atoms with Crippen LogP contribution in [-0.4, -0.2) is 23.2 Å². The number of rotatable bonds is 4. The Labute approximate surface area is 186 Å². The molecule has 0 aliphatic rings. The van der Waals surface area contributed by atoms with E-state index in [9.17, 15) is 23.2 Å². The van der Waals surface area contributed by atoms with Gasteiger partial charge in [-0.1, -0.05) is 76.7 Å². The third kappa shape index (κ3) is 3.65. The molecule has 3 aromatic rings. The van der Waals surface area contributed by atoms with E-state index in [0.29, 0.717) is 0 Å². The molecule has 0 bridgehead atoms. The first-order valence-electron chi connectivity index (χ1n) is 7.89. The Morgan fingerprint density at radius 1 is 0.724 bits per heavy atom. The Hall–Kier alpha value is -1.67. The maximum atomic E-state index is 13.0. The van der Waals surface area contributed by atoms with E-state index in [1.807, 2.05) is 0 Å². The molecule has 0 spiro atoms. The Balaban J connectivity index is 2.67. The molecule has 0 amide bonds. The van der Waals surface area contributed by atoms with Crippen LogP contribution in [0.4, 0.5) is 0 Å². The molecular weight excluding hydrogens is 482 g/mol. The van der Waals surface area contributed by atoms with Gasteiger partial charge in [-0.2, -0.15) is 8.42 Å². The van der Waals surface area contributed by atoms with Crippen molar-refractivity contribution in [3.8, 4) is 11.5 Å². The lowest BCUT2D eigenvalue weighted by atomic mass is 9.83. The third-order valence-electron chi connectivity index (χ3n) is 4.34. The second-order valence-corrected chi connectivity index (χ2v) is 9.24. The van der Waals surface area contributed by atoms with Crippen LogP contribution in [0.5, 0.6) is 11.5 Å². The summed E-state index contributed by atoms with van der Waals surface area (Å²) < 4.78 is 34.0. The number of phenolic OH excluding ortho intramolecular Hbond substituents is 2. The average Bonchev–Trinajstić information content (AvgIpc) is 2.62. The van der Waals surface area contributed by atoms with Gasteiger partial charge in [0.15, 0.2) is 4.75 Å². The highest BCUT2D eigenvalue weighted by Gasteiger charge is 2.52. The van der Waals surface area contributed by atoms with Crippen LogP contribution < -0.4 is 0 Å². The van der Waals surface area contributed by atoms with Crippen LogP contribution in [0.1, 0.15) is 16.7 Å². The Kier molecular flexibility index (Phi) is 5.98. The minimum atomic E-state index is -5.11. The average molecular weight is 494 g/mol. The molecule has 0 aromatic heterocycles. The van der Waals surface area contributed by atoms with Crippen LogP contribution in [-0.2, 0) is 14.9 Å². The molecule has 3 N–H and O–H groups in total. The molecule has 0 fully saturated rings. The van der Waals surface area contributed by atoms with E-state index in [1.165, 1.54) is 30.3 Å². The standard InChI is InChI=1S/C19H12Cl4O5S/c20-14-9-15(21)18(23)16(17(14)22)19(29(26,27)28,10-4-2-1-3-5-10)11-6-12(24)8-13(25)7-11/h1-9,24-25H,(H,26,27,28). The summed E-state index contributed by atoms with van der Waals surface area (Å²) in [5, 5.41) is 19.3. The summed E-state index contributed by atoms with van der Waals surface area (Å²) in [5.41, 5.74) is -0.530. The normalized spacial score (nSPS) is 13.8. The highest BCUT2D eigenvalue weighted by Crippen LogP contribution is 2.53. The van der Waals surface area contributed by atoms with Gasteiger partial charge >= 0.3 is 0 Å². The van der Waals surface area contributed by atoms with Gasteiger partial charge in [-0.3, -0.25) is 4.55 Å². The molecule has 0 heterocycles. The smallest absolute Gasteiger partial charge is 0.283 e. The van der Waals surface area contributed by atoms with E-state index in [2.05, 4.69) is 0 Å². The predicted molar refractivity (Wildman–Crippen MR) is 114 cm³/mol. The molecule has 10 heteroatoms. The SMILES string of the molecule is O=S(=O)(O)C(c1ccccc1)(c1cc(O)cc(O)c1)c1c(Cl)c(Cl)cc(Cl)c1Cl. The lowest BCUT2D eigenvalue weighted by Gasteiger charge is -2.34. The molecule has 0 aliphatic carbocycles. The zero-order valence-corrected chi connectivity index (χ0v) is 18.1. The fourth-order valence-corrected chi connectivity index (χ4v) is 5.75. The summed E-state index contributed by atoms with van der Waals surface area (Å²) in [7, 11) is -5.11. The summed E-state index contributed by atoms with van der Waals surface area (Å²) >= 11 is 25.0. The fourth-order valence-electron chi connectivity index (χ4n) is 3.24. The third-order valence-corrected chi connectivity index (χ3v) is 7.36. The molecule has 3 aromatic carbocycles. The van der Waals surface area contributed by atoms with Crippen LogP contribution in [0.25, 0.3) is 0 Å². The predicted octanol–water partition coefficient (Wildman–Crippen LogP) is 5.89. The largest absolute Gasteiger partial charge is 0.508 e. The number of hydrogen-bond donors (Lipinski definition) is 3. The van der Waals surface area contributed by atoms with Gasteiger partial charge in [0.05, 0.1) is 20.1 Å². The van der Waals surface area contributed by atoms with Crippen LogP contribution in [0.3, 0.4) is 0 Å². The van der Waals surface area contributed by atoms with E-state index < -0.39 is 26.4 Å². The molecule has 29 heavy (non-hydrogen) atoms. The van der Waals surface area contributed by atoms with E-state index >= 15 is 0 Å². The van der Waals surface area contributed by atoms with Gasteiger partial charge in [-0.25, -0.2) is 0 Å². The number of hydrogen-bond acceptors (Lipinski definition) is 4. The van der Waals surface area contributed by atoms with Gasteiger partial charge in [0.25, 0.3) is 10.1 Å². The van der Waals surface area contributed by atoms with Crippen LogP contribution >= 0.6 is 46.4 Å². The molecule has 0 saturated carbocycles. The van der Waals surface area contributed by atoms with Crippen LogP contribution in [0, 0.1) is 0 Å². The molecule has 1 atom stereocenters. The van der Waals surface area contributed by atoms with Crippen molar-refractivity contribution in [1.82, 2.24) is 0 Å². The number of phenols is 2. The number of halogens is 4. The van der Waals surface area contributed by atoms with Crippen molar-refractivity contribution < 1.29 is 23.2 Å². The van der Waals surface area contributed by atoms with E-state index in [0.717, 1.165) is 18.2 Å². The molecular formula is C19H12Cl4O5S. The first-order chi connectivity index (χ1) is 13.5. The van der Waals surface area contributed by atoms with Gasteiger partial charge in [0.1, 0.15) is 11.5 Å². The van der Waals surface area contributed by atoms with Crippen molar-refractivity contribution in [3.05, 3.63) is 91.4 Å². The van der Waals surface area contributed by atoms with E-state index in [-0.39, 0.29) is 36.8 Å². The van der Waals surface area contributed by atoms with Crippen molar-refractivity contribution in [2.24, 2.45) is 0 Å². The second-order valence-electron chi connectivity index (χ2n) is 6.10. The van der Waals surface area contributed by atoms with Crippen LogP contribution in [0.2, 0.25) is 20.1 Å². The van der Waals surface area contributed by atoms with E-state index in [4.69, 9.17) is 46.4 Å². The topological polar surface area (TPSA) is 94.8 Å². The van der Waals surface area contributed by atoms with Crippen molar-refractivity contribution in [2.75, 3.05) is 0 Å². The maximum absolute atomic E-state index is 13.0. The number of aromatic hydroxyl groups is 2. The van der Waals surface area contributed by atoms with Crippen molar-refractivity contribution in [3.63, 3.8) is 0 Å². The molecule has 3 rings (SSSR count). The zero-order valence-electron chi connectivity index (χ0n) is 14.3. The highest BCUT2D eigenvalue weighted by molar-refractivity contribution is 7.87. The maximum Gasteiger partial charge on any atom is 0.283 e. The lowest BCUT2D eigenvalue weighted by Crippen LogP contribution is -2.39. The van der Waals surface area contributed by atoms with Crippen molar-refractivity contribution in [1.29, 1.82) is 0 Å². The Bertz CT molecular complexity index is 1150. The second kappa shape index (κ2) is 7.87. The van der Waals surface area contributed by atoms with Gasteiger partial charge in [-0.05, 0) is 29.3 Å².